The van der Waals surface area contributed by atoms with Crippen LogP contribution in [0.2, 0.25) is 0 Å². The van der Waals surface area contributed by atoms with Gasteiger partial charge in [-0.05, 0) is 12.8 Å². The van der Waals surface area contributed by atoms with Crippen LogP contribution in [-0.2, 0) is 0 Å². The second-order valence-corrected chi connectivity index (χ2v) is 7.37. The predicted molar refractivity (Wildman–Crippen MR) is 61.4 cm³/mol. The van der Waals surface area contributed by atoms with Crippen LogP contribution >= 0.6 is 27.5 Å². The SMILES string of the molecule is CC12CCCCCCC1(C)C2(Cl)Br. The van der Waals surface area contributed by atoms with Crippen LogP contribution < -0.4 is 0 Å². The van der Waals surface area contributed by atoms with Gasteiger partial charge in [-0.25, -0.2) is 0 Å². The Kier molecular flexibility index (Phi) is 2.28. The van der Waals surface area contributed by atoms with E-state index in [1.165, 1.54) is 38.5 Å². The van der Waals surface area contributed by atoms with Gasteiger partial charge in [0, 0.05) is 10.8 Å². The Balaban J connectivity index is 2.22. The second-order valence-electron chi connectivity index (χ2n) is 5.15. The van der Waals surface area contributed by atoms with Gasteiger partial charge in [0.25, 0.3) is 0 Å². The minimum Gasteiger partial charge on any atom is -0.105 e. The molecule has 0 radical (unpaired) electrons. The molecule has 76 valence electrons. The smallest absolute Gasteiger partial charge is 0.105 e. The minimum absolute atomic E-state index is 0.114. The number of hydrogen-bond acceptors (Lipinski definition) is 0. The van der Waals surface area contributed by atoms with Crippen molar-refractivity contribution in [2.75, 3.05) is 0 Å². The van der Waals surface area contributed by atoms with Gasteiger partial charge < -0.3 is 0 Å². The molecule has 2 rings (SSSR count). The Morgan fingerprint density at radius 3 is 1.69 bits per heavy atom. The van der Waals surface area contributed by atoms with Crippen molar-refractivity contribution >= 4 is 27.5 Å². The Morgan fingerprint density at radius 2 is 1.31 bits per heavy atom. The van der Waals surface area contributed by atoms with E-state index >= 15 is 0 Å². The predicted octanol–water partition coefficient (Wildman–Crippen LogP) is 4.70. The van der Waals surface area contributed by atoms with E-state index in [0.717, 1.165) is 0 Å². The molecular formula is C11H18BrCl. The van der Waals surface area contributed by atoms with Crippen molar-refractivity contribution in [2.45, 2.75) is 56.2 Å². The molecule has 0 N–H and O–H groups in total. The van der Waals surface area contributed by atoms with Crippen molar-refractivity contribution in [3.05, 3.63) is 0 Å². The summed E-state index contributed by atoms with van der Waals surface area (Å²) in [5, 5.41) is 0. The molecule has 0 bridgehead atoms. The third-order valence-corrected chi connectivity index (χ3v) is 7.23. The number of alkyl halides is 2. The topological polar surface area (TPSA) is 0 Å². The molecule has 13 heavy (non-hydrogen) atoms. The normalized spacial score (nSPS) is 56.3. The van der Waals surface area contributed by atoms with Crippen molar-refractivity contribution < 1.29 is 0 Å². The van der Waals surface area contributed by atoms with Crippen LogP contribution in [0.1, 0.15) is 52.4 Å². The molecule has 0 heterocycles. The van der Waals surface area contributed by atoms with E-state index in [1.54, 1.807) is 0 Å². The zero-order valence-electron chi connectivity index (χ0n) is 8.50. The Labute approximate surface area is 94.5 Å². The minimum atomic E-state index is -0.114. The highest BCUT2D eigenvalue weighted by molar-refractivity contribution is 9.10. The van der Waals surface area contributed by atoms with Gasteiger partial charge in [-0.2, -0.15) is 0 Å². The number of halogens is 2. The summed E-state index contributed by atoms with van der Waals surface area (Å²) in [5.41, 5.74) is 0.671. The molecule has 0 aromatic heterocycles. The lowest BCUT2D eigenvalue weighted by molar-refractivity contribution is 0.301. The summed E-state index contributed by atoms with van der Waals surface area (Å²) < 4.78 is -0.114. The van der Waals surface area contributed by atoms with Crippen molar-refractivity contribution in [1.82, 2.24) is 0 Å². The summed E-state index contributed by atoms with van der Waals surface area (Å²) >= 11 is 10.3. The molecule has 0 spiro atoms. The quantitative estimate of drug-likeness (QED) is 0.557. The molecule has 2 aliphatic rings. The summed E-state index contributed by atoms with van der Waals surface area (Å²) in [4.78, 5) is 0. The highest BCUT2D eigenvalue weighted by Crippen LogP contribution is 2.82. The monoisotopic (exact) mass is 264 g/mol. The van der Waals surface area contributed by atoms with E-state index < -0.39 is 0 Å². The van der Waals surface area contributed by atoms with E-state index in [1.807, 2.05) is 0 Å². The Hall–Kier alpha value is 0.770. The molecule has 2 aliphatic carbocycles. The molecule has 2 heteroatoms. The largest absolute Gasteiger partial charge is 0.111 e. The van der Waals surface area contributed by atoms with Crippen LogP contribution in [0.5, 0.6) is 0 Å². The highest BCUT2D eigenvalue weighted by Gasteiger charge is 2.79. The van der Waals surface area contributed by atoms with E-state index in [0.29, 0.717) is 10.8 Å². The fourth-order valence-electron chi connectivity index (χ4n) is 3.12. The van der Waals surface area contributed by atoms with Crippen molar-refractivity contribution in [3.8, 4) is 0 Å². The number of rotatable bonds is 0. The van der Waals surface area contributed by atoms with Crippen molar-refractivity contribution in [3.63, 3.8) is 0 Å². The molecule has 0 amide bonds. The first kappa shape index (κ1) is 10.3. The summed E-state index contributed by atoms with van der Waals surface area (Å²) in [6, 6.07) is 0. The van der Waals surface area contributed by atoms with Crippen molar-refractivity contribution in [2.24, 2.45) is 10.8 Å². The van der Waals surface area contributed by atoms with E-state index in [9.17, 15) is 0 Å². The maximum atomic E-state index is 6.56. The summed E-state index contributed by atoms with van der Waals surface area (Å²) in [5.74, 6) is 0. The third kappa shape index (κ3) is 1.10. The molecule has 2 saturated carbocycles. The van der Waals surface area contributed by atoms with Crippen LogP contribution in [0.4, 0.5) is 0 Å². The summed E-state index contributed by atoms with van der Waals surface area (Å²) in [6.07, 6.45) is 8.08. The average Bonchev–Trinajstić information content (AvgIpc) is 2.34. The fourth-order valence-corrected chi connectivity index (χ4v) is 4.86. The highest BCUT2D eigenvalue weighted by atomic mass is 79.9. The van der Waals surface area contributed by atoms with E-state index in [2.05, 4.69) is 29.8 Å². The molecule has 2 atom stereocenters. The lowest BCUT2D eigenvalue weighted by Crippen LogP contribution is -2.09. The van der Waals surface area contributed by atoms with Crippen LogP contribution in [0, 0.1) is 10.8 Å². The van der Waals surface area contributed by atoms with Gasteiger partial charge in [0.1, 0.15) is 3.78 Å². The van der Waals surface area contributed by atoms with Gasteiger partial charge in [-0.3, -0.25) is 0 Å². The molecule has 2 unspecified atom stereocenters. The molecule has 0 nitrogen and oxygen atoms in total. The fraction of sp³-hybridized carbons (Fsp3) is 1.00. The average molecular weight is 266 g/mol. The zero-order valence-corrected chi connectivity index (χ0v) is 10.8. The van der Waals surface area contributed by atoms with Crippen LogP contribution in [0.3, 0.4) is 0 Å². The standard InChI is InChI=1S/C11H18BrCl/c1-9-7-5-3-4-6-8-10(9,2)11(9,12)13/h3-8H2,1-2H3. The molecule has 0 aromatic carbocycles. The maximum Gasteiger partial charge on any atom is 0.111 e. The maximum absolute atomic E-state index is 6.56. The molecule has 0 aliphatic heterocycles. The Morgan fingerprint density at radius 1 is 0.923 bits per heavy atom. The third-order valence-electron chi connectivity index (χ3n) is 4.64. The van der Waals surface area contributed by atoms with Gasteiger partial charge in [-0.15, -0.1) is 11.6 Å². The summed E-state index contributed by atoms with van der Waals surface area (Å²) in [6.45, 7) is 4.69. The number of fused-ring (bicyclic) bond motifs is 1. The van der Waals surface area contributed by atoms with Crippen molar-refractivity contribution in [1.29, 1.82) is 0 Å². The van der Waals surface area contributed by atoms with Crippen LogP contribution in [-0.4, -0.2) is 3.78 Å². The first-order valence-electron chi connectivity index (χ1n) is 5.34. The van der Waals surface area contributed by atoms with Gasteiger partial charge in [0.2, 0.25) is 0 Å². The van der Waals surface area contributed by atoms with Gasteiger partial charge in [0.05, 0.1) is 0 Å². The lowest BCUT2D eigenvalue weighted by Gasteiger charge is -2.19. The first-order chi connectivity index (χ1) is 5.96. The summed E-state index contributed by atoms with van der Waals surface area (Å²) in [7, 11) is 0. The number of hydrogen-bond donors (Lipinski definition) is 0. The Bertz CT molecular complexity index is 204. The van der Waals surface area contributed by atoms with Crippen LogP contribution in [0.25, 0.3) is 0 Å². The van der Waals surface area contributed by atoms with E-state index in [-0.39, 0.29) is 3.78 Å². The molecular weight excluding hydrogens is 247 g/mol. The lowest BCUT2D eigenvalue weighted by atomic mass is 9.84. The van der Waals surface area contributed by atoms with E-state index in [4.69, 9.17) is 11.6 Å². The molecule has 0 saturated heterocycles. The van der Waals surface area contributed by atoms with Gasteiger partial charge in [-0.1, -0.05) is 55.5 Å². The van der Waals surface area contributed by atoms with Gasteiger partial charge >= 0.3 is 0 Å². The zero-order chi connectivity index (χ0) is 9.74. The van der Waals surface area contributed by atoms with Crippen LogP contribution in [0.15, 0.2) is 0 Å². The first-order valence-corrected chi connectivity index (χ1v) is 6.51. The second kappa shape index (κ2) is 2.88. The molecule has 0 aromatic rings. The molecule has 2 fully saturated rings. The van der Waals surface area contributed by atoms with Gasteiger partial charge in [0.15, 0.2) is 0 Å².